The summed E-state index contributed by atoms with van der Waals surface area (Å²) in [5, 5.41) is 1.09. The minimum atomic E-state index is 0.474. The molecular formula is C12H15N3OS. The molecule has 0 saturated carbocycles. The van der Waals surface area contributed by atoms with Gasteiger partial charge in [-0.25, -0.2) is 4.98 Å². The van der Waals surface area contributed by atoms with Crippen molar-refractivity contribution in [3.63, 3.8) is 0 Å². The zero-order chi connectivity index (χ0) is 12.4. The molecule has 0 saturated heterocycles. The second kappa shape index (κ2) is 4.63. The highest BCUT2D eigenvalue weighted by molar-refractivity contribution is 7.19. The molecule has 0 unspecified atom stereocenters. The van der Waals surface area contributed by atoms with Gasteiger partial charge in [-0.05, 0) is 24.1 Å². The van der Waals surface area contributed by atoms with Crippen LogP contribution in [-0.2, 0) is 6.42 Å². The van der Waals surface area contributed by atoms with Gasteiger partial charge in [-0.2, -0.15) is 0 Å². The highest BCUT2D eigenvalue weighted by Crippen LogP contribution is 2.37. The van der Waals surface area contributed by atoms with Gasteiger partial charge in [-0.15, -0.1) is 0 Å². The van der Waals surface area contributed by atoms with E-state index in [1.165, 1.54) is 16.9 Å². The largest absolute Gasteiger partial charge is 0.496 e. The Morgan fingerprint density at radius 3 is 2.65 bits per heavy atom. The van der Waals surface area contributed by atoms with Crippen molar-refractivity contribution < 1.29 is 4.74 Å². The van der Waals surface area contributed by atoms with E-state index in [4.69, 9.17) is 16.2 Å². The number of aromatic nitrogens is 1. The Hall–Kier alpha value is -1.75. The summed E-state index contributed by atoms with van der Waals surface area (Å²) in [5.41, 5.74) is 14.4. The summed E-state index contributed by atoms with van der Waals surface area (Å²) in [7, 11) is 1.64. The lowest BCUT2D eigenvalue weighted by molar-refractivity contribution is 0.416. The number of nitrogen functional groups attached to an aromatic ring is 2. The molecule has 0 fully saturated rings. The Morgan fingerprint density at radius 1 is 1.35 bits per heavy atom. The molecule has 5 heteroatoms. The maximum Gasteiger partial charge on any atom is 0.182 e. The molecule has 1 aromatic heterocycles. The molecule has 17 heavy (non-hydrogen) atoms. The highest BCUT2D eigenvalue weighted by Gasteiger charge is 2.14. The Kier molecular flexibility index (Phi) is 3.19. The first-order valence-corrected chi connectivity index (χ1v) is 6.16. The smallest absolute Gasteiger partial charge is 0.182 e. The molecular weight excluding hydrogens is 234 g/mol. The Balaban J connectivity index is 2.59. The normalized spacial score (nSPS) is 10.5. The van der Waals surface area contributed by atoms with E-state index in [1.54, 1.807) is 7.11 Å². The van der Waals surface area contributed by atoms with Gasteiger partial charge in [0.05, 0.1) is 7.11 Å². The zero-order valence-electron chi connectivity index (χ0n) is 9.86. The second-order valence-corrected chi connectivity index (χ2v) is 4.72. The number of nitrogens with two attached hydrogens (primary N) is 2. The van der Waals surface area contributed by atoms with Crippen molar-refractivity contribution in [1.82, 2.24) is 4.98 Å². The summed E-state index contributed by atoms with van der Waals surface area (Å²) < 4.78 is 5.33. The summed E-state index contributed by atoms with van der Waals surface area (Å²) in [6, 6.07) is 6.01. The molecule has 1 heterocycles. The molecule has 0 aliphatic heterocycles. The standard InChI is InChI=1S/C12H15N3OS/c1-3-7-4-5-9(16-2)8(6-7)10-11(13)17-12(14)15-10/h4-6H,3,13H2,1-2H3,(H2,14,15). The summed E-state index contributed by atoms with van der Waals surface area (Å²) in [6.07, 6.45) is 0.955. The summed E-state index contributed by atoms with van der Waals surface area (Å²) in [4.78, 5) is 4.26. The number of rotatable bonds is 3. The van der Waals surface area contributed by atoms with Crippen LogP contribution < -0.4 is 16.2 Å². The van der Waals surface area contributed by atoms with E-state index >= 15 is 0 Å². The van der Waals surface area contributed by atoms with Crippen LogP contribution in [-0.4, -0.2) is 12.1 Å². The maximum atomic E-state index is 5.91. The van der Waals surface area contributed by atoms with Crippen molar-refractivity contribution in [3.05, 3.63) is 23.8 Å². The van der Waals surface area contributed by atoms with Crippen LogP contribution in [0.15, 0.2) is 18.2 Å². The molecule has 0 spiro atoms. The first-order chi connectivity index (χ1) is 8.15. The van der Waals surface area contributed by atoms with Crippen LogP contribution >= 0.6 is 11.3 Å². The van der Waals surface area contributed by atoms with Gasteiger partial charge >= 0.3 is 0 Å². The van der Waals surface area contributed by atoms with E-state index in [0.29, 0.717) is 15.8 Å². The van der Waals surface area contributed by atoms with E-state index in [0.717, 1.165) is 17.7 Å². The van der Waals surface area contributed by atoms with Crippen LogP contribution in [0, 0.1) is 0 Å². The first kappa shape index (κ1) is 11.7. The summed E-state index contributed by atoms with van der Waals surface area (Å²) >= 11 is 1.29. The monoisotopic (exact) mass is 249 g/mol. The average molecular weight is 249 g/mol. The number of thiazole rings is 1. The van der Waals surface area contributed by atoms with Gasteiger partial charge in [0.25, 0.3) is 0 Å². The van der Waals surface area contributed by atoms with Crippen molar-refractivity contribution in [3.8, 4) is 17.0 Å². The highest BCUT2D eigenvalue weighted by atomic mass is 32.1. The topological polar surface area (TPSA) is 74.2 Å². The third-order valence-corrected chi connectivity index (χ3v) is 3.31. The molecule has 4 nitrogen and oxygen atoms in total. The van der Waals surface area contributed by atoms with Crippen molar-refractivity contribution in [1.29, 1.82) is 0 Å². The van der Waals surface area contributed by atoms with Gasteiger partial charge in [0, 0.05) is 5.56 Å². The van der Waals surface area contributed by atoms with E-state index < -0.39 is 0 Å². The van der Waals surface area contributed by atoms with Crippen LogP contribution in [0.1, 0.15) is 12.5 Å². The lowest BCUT2D eigenvalue weighted by Gasteiger charge is -2.08. The number of hydrogen-bond donors (Lipinski definition) is 2. The zero-order valence-corrected chi connectivity index (χ0v) is 10.7. The van der Waals surface area contributed by atoms with Crippen LogP contribution in [0.3, 0.4) is 0 Å². The van der Waals surface area contributed by atoms with Crippen molar-refractivity contribution >= 4 is 21.5 Å². The summed E-state index contributed by atoms with van der Waals surface area (Å²) in [5.74, 6) is 0.763. The molecule has 0 atom stereocenters. The maximum absolute atomic E-state index is 5.91. The van der Waals surface area contributed by atoms with E-state index in [9.17, 15) is 0 Å². The molecule has 4 N–H and O–H groups in total. The Morgan fingerprint density at radius 2 is 2.12 bits per heavy atom. The molecule has 0 aliphatic rings. The van der Waals surface area contributed by atoms with Gasteiger partial charge in [-0.1, -0.05) is 24.3 Å². The third kappa shape index (κ3) is 2.19. The van der Waals surface area contributed by atoms with Crippen LogP contribution in [0.2, 0.25) is 0 Å². The molecule has 0 aliphatic carbocycles. The Bertz CT molecular complexity index is 537. The van der Waals surface area contributed by atoms with Gasteiger partial charge in [0.15, 0.2) is 5.13 Å². The fourth-order valence-corrected chi connectivity index (χ4v) is 2.32. The number of benzene rings is 1. The molecule has 90 valence electrons. The quantitative estimate of drug-likeness (QED) is 0.876. The average Bonchev–Trinajstić information content (AvgIpc) is 2.67. The fraction of sp³-hybridized carbons (Fsp3) is 0.250. The van der Waals surface area contributed by atoms with Crippen molar-refractivity contribution in [2.24, 2.45) is 0 Å². The van der Waals surface area contributed by atoms with Gasteiger partial charge in [0.1, 0.15) is 16.4 Å². The summed E-state index contributed by atoms with van der Waals surface area (Å²) in [6.45, 7) is 2.10. The molecule has 0 bridgehead atoms. The number of anilines is 2. The second-order valence-electron chi connectivity index (χ2n) is 3.65. The van der Waals surface area contributed by atoms with Gasteiger partial charge < -0.3 is 16.2 Å². The minimum absolute atomic E-state index is 0.474. The number of aryl methyl sites for hydroxylation is 1. The van der Waals surface area contributed by atoms with Crippen molar-refractivity contribution in [2.45, 2.75) is 13.3 Å². The molecule has 1 aromatic carbocycles. The van der Waals surface area contributed by atoms with E-state index in [-0.39, 0.29) is 0 Å². The molecule has 0 amide bonds. The van der Waals surface area contributed by atoms with Gasteiger partial charge in [-0.3, -0.25) is 0 Å². The first-order valence-electron chi connectivity index (χ1n) is 5.34. The van der Waals surface area contributed by atoms with E-state index in [1.807, 2.05) is 18.2 Å². The fourth-order valence-electron chi connectivity index (χ4n) is 1.70. The third-order valence-electron chi connectivity index (χ3n) is 2.60. The van der Waals surface area contributed by atoms with Crippen LogP contribution in [0.5, 0.6) is 5.75 Å². The lowest BCUT2D eigenvalue weighted by Crippen LogP contribution is -1.93. The predicted molar refractivity (Wildman–Crippen MR) is 72.3 cm³/mol. The minimum Gasteiger partial charge on any atom is -0.496 e. The number of nitrogens with zero attached hydrogens (tertiary/aromatic N) is 1. The molecule has 0 radical (unpaired) electrons. The lowest BCUT2D eigenvalue weighted by atomic mass is 10.1. The van der Waals surface area contributed by atoms with Crippen LogP contribution in [0.4, 0.5) is 10.1 Å². The number of hydrogen-bond acceptors (Lipinski definition) is 5. The SMILES string of the molecule is CCc1ccc(OC)c(-c2nc(N)sc2N)c1. The van der Waals surface area contributed by atoms with Crippen LogP contribution in [0.25, 0.3) is 11.3 Å². The van der Waals surface area contributed by atoms with E-state index in [2.05, 4.69) is 11.9 Å². The Labute approximate surface area is 104 Å². The molecule has 2 rings (SSSR count). The van der Waals surface area contributed by atoms with Crippen molar-refractivity contribution in [2.75, 3.05) is 18.6 Å². The number of ether oxygens (including phenoxy) is 1. The predicted octanol–water partition coefficient (Wildman–Crippen LogP) is 2.55. The van der Waals surface area contributed by atoms with Gasteiger partial charge in [0.2, 0.25) is 0 Å². The molecule has 2 aromatic rings. The number of methoxy groups -OCH3 is 1.